The molecule has 0 bridgehead atoms. The second kappa shape index (κ2) is 4.91. The topological polar surface area (TPSA) is 55.3 Å². The highest BCUT2D eigenvalue weighted by Gasteiger charge is 2.09. The first-order chi connectivity index (χ1) is 8.20. The van der Waals surface area contributed by atoms with E-state index in [1.165, 1.54) is 0 Å². The molecule has 90 valence electrons. The highest BCUT2D eigenvalue weighted by Crippen LogP contribution is 2.19. The summed E-state index contributed by atoms with van der Waals surface area (Å²) in [6.45, 7) is 5.68. The SMILES string of the molecule is CCN(Cc1ccco1)c1cc(C)c(N)cn1. The Morgan fingerprint density at radius 1 is 1.47 bits per heavy atom. The smallest absolute Gasteiger partial charge is 0.129 e. The number of nitrogen functional groups attached to an aromatic ring is 1. The summed E-state index contributed by atoms with van der Waals surface area (Å²) >= 11 is 0. The third-order valence-corrected chi connectivity index (χ3v) is 2.77. The van der Waals surface area contributed by atoms with Gasteiger partial charge in [0.15, 0.2) is 0 Å². The zero-order valence-electron chi connectivity index (χ0n) is 10.2. The summed E-state index contributed by atoms with van der Waals surface area (Å²) < 4.78 is 5.35. The molecule has 0 saturated carbocycles. The van der Waals surface area contributed by atoms with E-state index in [1.54, 1.807) is 12.5 Å². The number of hydrogen-bond donors (Lipinski definition) is 1. The number of rotatable bonds is 4. The predicted molar refractivity (Wildman–Crippen MR) is 68.8 cm³/mol. The summed E-state index contributed by atoms with van der Waals surface area (Å²) in [7, 11) is 0. The Morgan fingerprint density at radius 2 is 2.29 bits per heavy atom. The monoisotopic (exact) mass is 231 g/mol. The molecular weight excluding hydrogens is 214 g/mol. The number of anilines is 2. The predicted octanol–water partition coefficient (Wildman–Crippen LogP) is 2.59. The van der Waals surface area contributed by atoms with Crippen molar-refractivity contribution in [2.75, 3.05) is 17.2 Å². The highest BCUT2D eigenvalue weighted by atomic mass is 16.3. The summed E-state index contributed by atoms with van der Waals surface area (Å²) in [5, 5.41) is 0. The summed E-state index contributed by atoms with van der Waals surface area (Å²) in [5.41, 5.74) is 7.54. The third-order valence-electron chi connectivity index (χ3n) is 2.77. The molecule has 0 aliphatic heterocycles. The van der Waals surface area contributed by atoms with Gasteiger partial charge in [-0.1, -0.05) is 0 Å². The Bertz CT molecular complexity index is 479. The minimum atomic E-state index is 0.722. The zero-order chi connectivity index (χ0) is 12.3. The molecule has 0 aliphatic rings. The van der Waals surface area contributed by atoms with Crippen molar-refractivity contribution < 1.29 is 4.42 Å². The van der Waals surface area contributed by atoms with E-state index in [9.17, 15) is 0 Å². The van der Waals surface area contributed by atoms with Crippen LogP contribution in [-0.2, 0) is 6.54 Å². The van der Waals surface area contributed by atoms with Gasteiger partial charge in [-0.2, -0.15) is 0 Å². The van der Waals surface area contributed by atoms with Crippen LogP contribution in [0.15, 0.2) is 35.1 Å². The Labute approximate surface area is 101 Å². The number of furan rings is 1. The molecule has 17 heavy (non-hydrogen) atoms. The number of hydrogen-bond acceptors (Lipinski definition) is 4. The van der Waals surface area contributed by atoms with Crippen LogP contribution in [0.1, 0.15) is 18.2 Å². The highest BCUT2D eigenvalue weighted by molar-refractivity contribution is 5.52. The van der Waals surface area contributed by atoms with Gasteiger partial charge in [0.1, 0.15) is 11.6 Å². The molecule has 0 unspecified atom stereocenters. The molecule has 2 aromatic heterocycles. The summed E-state index contributed by atoms with van der Waals surface area (Å²) in [4.78, 5) is 6.49. The van der Waals surface area contributed by atoms with Crippen molar-refractivity contribution in [1.82, 2.24) is 4.98 Å². The quantitative estimate of drug-likeness (QED) is 0.878. The van der Waals surface area contributed by atoms with Crippen molar-refractivity contribution in [2.45, 2.75) is 20.4 Å². The first-order valence-electron chi connectivity index (χ1n) is 5.70. The van der Waals surface area contributed by atoms with Gasteiger partial charge in [0.05, 0.1) is 24.7 Å². The van der Waals surface area contributed by atoms with E-state index in [0.717, 1.165) is 35.9 Å². The molecule has 2 aromatic rings. The Morgan fingerprint density at radius 3 is 2.88 bits per heavy atom. The second-order valence-electron chi connectivity index (χ2n) is 3.99. The summed E-state index contributed by atoms with van der Waals surface area (Å²) in [6.07, 6.45) is 3.39. The maximum absolute atomic E-state index is 5.77. The van der Waals surface area contributed by atoms with Crippen molar-refractivity contribution in [3.05, 3.63) is 42.0 Å². The van der Waals surface area contributed by atoms with Gasteiger partial charge < -0.3 is 15.1 Å². The Balaban J connectivity index is 2.20. The van der Waals surface area contributed by atoms with Crippen molar-refractivity contribution >= 4 is 11.5 Å². The van der Waals surface area contributed by atoms with Gasteiger partial charge in [0.2, 0.25) is 0 Å². The minimum absolute atomic E-state index is 0.722. The molecule has 4 heteroatoms. The molecule has 4 nitrogen and oxygen atoms in total. The maximum Gasteiger partial charge on any atom is 0.129 e. The molecule has 2 rings (SSSR count). The molecule has 0 amide bonds. The van der Waals surface area contributed by atoms with Crippen molar-refractivity contribution in [2.24, 2.45) is 0 Å². The van der Waals surface area contributed by atoms with Gasteiger partial charge in [-0.05, 0) is 37.6 Å². The lowest BCUT2D eigenvalue weighted by atomic mass is 10.2. The second-order valence-corrected chi connectivity index (χ2v) is 3.99. The van der Waals surface area contributed by atoms with Crippen molar-refractivity contribution in [3.8, 4) is 0 Å². The van der Waals surface area contributed by atoms with Gasteiger partial charge >= 0.3 is 0 Å². The summed E-state index contributed by atoms with van der Waals surface area (Å²) in [5.74, 6) is 1.86. The molecule has 0 spiro atoms. The molecule has 0 saturated heterocycles. The lowest BCUT2D eigenvalue weighted by Crippen LogP contribution is -2.22. The van der Waals surface area contributed by atoms with Crippen molar-refractivity contribution in [1.29, 1.82) is 0 Å². The molecule has 0 radical (unpaired) electrons. The Kier molecular flexibility index (Phi) is 3.32. The van der Waals surface area contributed by atoms with E-state index < -0.39 is 0 Å². The third kappa shape index (κ3) is 2.58. The fourth-order valence-electron chi connectivity index (χ4n) is 1.67. The van der Waals surface area contributed by atoms with E-state index in [1.807, 2.05) is 25.1 Å². The van der Waals surface area contributed by atoms with E-state index in [2.05, 4.69) is 16.8 Å². The van der Waals surface area contributed by atoms with Crippen LogP contribution < -0.4 is 10.6 Å². The zero-order valence-corrected chi connectivity index (χ0v) is 10.2. The molecule has 0 atom stereocenters. The summed E-state index contributed by atoms with van der Waals surface area (Å²) in [6, 6.07) is 5.86. The van der Waals surface area contributed by atoms with Crippen LogP contribution in [0.4, 0.5) is 11.5 Å². The van der Waals surface area contributed by atoms with Crippen LogP contribution in [0, 0.1) is 6.92 Å². The van der Waals surface area contributed by atoms with Crippen molar-refractivity contribution in [3.63, 3.8) is 0 Å². The number of pyridine rings is 1. The average Bonchev–Trinajstić information content (AvgIpc) is 2.82. The minimum Gasteiger partial charge on any atom is -0.467 e. The van der Waals surface area contributed by atoms with Gasteiger partial charge in [0.25, 0.3) is 0 Å². The van der Waals surface area contributed by atoms with Crippen LogP contribution in [0.2, 0.25) is 0 Å². The first kappa shape index (κ1) is 11.5. The maximum atomic E-state index is 5.77. The normalized spacial score (nSPS) is 10.5. The van der Waals surface area contributed by atoms with Gasteiger partial charge in [-0.3, -0.25) is 0 Å². The van der Waals surface area contributed by atoms with E-state index in [0.29, 0.717) is 0 Å². The van der Waals surface area contributed by atoms with Gasteiger partial charge in [-0.15, -0.1) is 0 Å². The number of nitrogens with two attached hydrogens (primary N) is 1. The molecule has 0 aromatic carbocycles. The van der Waals surface area contributed by atoms with Crippen LogP contribution in [0.3, 0.4) is 0 Å². The molecular formula is C13H17N3O. The molecule has 2 N–H and O–H groups in total. The van der Waals surface area contributed by atoms with Crippen LogP contribution in [0.25, 0.3) is 0 Å². The standard InChI is InChI=1S/C13H17N3O/c1-3-16(9-11-5-4-6-17-11)13-7-10(2)12(14)8-15-13/h4-8H,3,9,14H2,1-2H3. The Hall–Kier alpha value is -1.97. The largest absolute Gasteiger partial charge is 0.467 e. The molecule has 0 fully saturated rings. The number of aryl methyl sites for hydroxylation is 1. The number of aromatic nitrogens is 1. The van der Waals surface area contributed by atoms with E-state index in [-0.39, 0.29) is 0 Å². The lowest BCUT2D eigenvalue weighted by molar-refractivity contribution is 0.503. The van der Waals surface area contributed by atoms with Crippen LogP contribution in [0.5, 0.6) is 0 Å². The number of nitrogens with zero attached hydrogens (tertiary/aromatic N) is 2. The average molecular weight is 231 g/mol. The fraction of sp³-hybridized carbons (Fsp3) is 0.308. The van der Waals surface area contributed by atoms with E-state index >= 15 is 0 Å². The van der Waals surface area contributed by atoms with Gasteiger partial charge in [-0.25, -0.2) is 4.98 Å². The van der Waals surface area contributed by atoms with Crippen LogP contribution in [-0.4, -0.2) is 11.5 Å². The first-order valence-corrected chi connectivity index (χ1v) is 5.70. The molecule has 0 aliphatic carbocycles. The molecule has 2 heterocycles. The van der Waals surface area contributed by atoms with Gasteiger partial charge in [0, 0.05) is 6.54 Å². The lowest BCUT2D eigenvalue weighted by Gasteiger charge is -2.21. The van der Waals surface area contributed by atoms with Crippen LogP contribution >= 0.6 is 0 Å². The fourth-order valence-corrected chi connectivity index (χ4v) is 1.67. The van der Waals surface area contributed by atoms with E-state index in [4.69, 9.17) is 10.2 Å².